The van der Waals surface area contributed by atoms with E-state index in [1.807, 2.05) is 31.2 Å². The summed E-state index contributed by atoms with van der Waals surface area (Å²) in [4.78, 5) is 23.5. The molecule has 3 N–H and O–H groups in total. The fourth-order valence-electron chi connectivity index (χ4n) is 1.91. The lowest BCUT2D eigenvalue weighted by Gasteiger charge is -2.06. The van der Waals surface area contributed by atoms with E-state index in [4.69, 9.17) is 0 Å². The summed E-state index contributed by atoms with van der Waals surface area (Å²) in [6.07, 6.45) is 1.42. The van der Waals surface area contributed by atoms with E-state index in [1.54, 1.807) is 13.8 Å². The van der Waals surface area contributed by atoms with Crippen LogP contribution in [0.3, 0.4) is 0 Å². The lowest BCUT2D eigenvalue weighted by molar-refractivity contribution is 0.104. The van der Waals surface area contributed by atoms with Crippen molar-refractivity contribution in [2.45, 2.75) is 20.8 Å². The number of H-pyrrole nitrogens is 2. The zero-order valence-electron chi connectivity index (χ0n) is 11.7. The van der Waals surface area contributed by atoms with Crippen molar-refractivity contribution < 1.29 is 4.79 Å². The lowest BCUT2D eigenvalue weighted by atomic mass is 10.1. The lowest BCUT2D eigenvalue weighted by Crippen LogP contribution is -2.12. The summed E-state index contributed by atoms with van der Waals surface area (Å²) in [5.41, 5.74) is 3.04. The Morgan fingerprint density at radius 1 is 1.15 bits per heavy atom. The zero-order valence-corrected chi connectivity index (χ0v) is 11.7. The fourth-order valence-corrected chi connectivity index (χ4v) is 1.91. The van der Waals surface area contributed by atoms with Crippen molar-refractivity contribution in [3.63, 3.8) is 0 Å². The highest BCUT2D eigenvalue weighted by molar-refractivity contribution is 6.05. The second-order valence-electron chi connectivity index (χ2n) is 4.76. The molecule has 0 bridgehead atoms. The summed E-state index contributed by atoms with van der Waals surface area (Å²) in [6, 6.07) is 7.84. The molecule has 2 rings (SSSR count). The number of aromatic nitrogens is 2. The molecule has 0 atom stereocenters. The van der Waals surface area contributed by atoms with Crippen LogP contribution < -0.4 is 10.9 Å². The summed E-state index contributed by atoms with van der Waals surface area (Å²) < 4.78 is 0. The smallest absolute Gasteiger partial charge is 0.275 e. The van der Waals surface area contributed by atoms with Crippen molar-refractivity contribution in [3.05, 3.63) is 63.2 Å². The summed E-state index contributed by atoms with van der Waals surface area (Å²) in [5.74, 6) is -0.317. The number of nitrogens with one attached hydrogen (secondary N) is 3. The highest BCUT2D eigenvalue weighted by atomic mass is 16.1. The zero-order chi connectivity index (χ0) is 14.7. The molecule has 0 saturated heterocycles. The van der Waals surface area contributed by atoms with Gasteiger partial charge in [0.2, 0.25) is 0 Å². The van der Waals surface area contributed by atoms with Crippen molar-refractivity contribution in [1.82, 2.24) is 10.2 Å². The summed E-state index contributed by atoms with van der Waals surface area (Å²) in [7, 11) is 0. The Bertz CT molecular complexity index is 705. The maximum Gasteiger partial charge on any atom is 0.275 e. The van der Waals surface area contributed by atoms with Gasteiger partial charge in [0.1, 0.15) is 5.56 Å². The quantitative estimate of drug-likeness (QED) is 0.590. The molecule has 0 unspecified atom stereocenters. The third kappa shape index (κ3) is 3.06. The van der Waals surface area contributed by atoms with E-state index >= 15 is 0 Å². The molecule has 0 radical (unpaired) electrons. The Morgan fingerprint density at radius 3 is 2.35 bits per heavy atom. The molecule has 0 spiro atoms. The van der Waals surface area contributed by atoms with Gasteiger partial charge >= 0.3 is 0 Å². The van der Waals surface area contributed by atoms with Crippen LogP contribution in [-0.4, -0.2) is 16.0 Å². The predicted molar refractivity (Wildman–Crippen MR) is 79.0 cm³/mol. The second-order valence-corrected chi connectivity index (χ2v) is 4.76. The van der Waals surface area contributed by atoms with Crippen molar-refractivity contribution in [2.24, 2.45) is 0 Å². The van der Waals surface area contributed by atoms with E-state index in [-0.39, 0.29) is 11.3 Å². The van der Waals surface area contributed by atoms with Crippen LogP contribution >= 0.6 is 0 Å². The molecule has 0 aliphatic carbocycles. The Morgan fingerprint density at radius 2 is 1.80 bits per heavy atom. The Labute approximate surface area is 116 Å². The van der Waals surface area contributed by atoms with E-state index in [0.717, 1.165) is 5.69 Å². The molecular weight excluding hydrogens is 254 g/mol. The van der Waals surface area contributed by atoms with Gasteiger partial charge in [-0.15, -0.1) is 0 Å². The number of carbonyl (C=O) groups is 1. The highest BCUT2D eigenvalue weighted by Crippen LogP contribution is 2.12. The average Bonchev–Trinajstić information content (AvgIpc) is 2.72. The first kappa shape index (κ1) is 13.9. The number of rotatable bonds is 4. The van der Waals surface area contributed by atoms with Gasteiger partial charge in [-0.25, -0.2) is 0 Å². The van der Waals surface area contributed by atoms with Crippen molar-refractivity contribution in [1.29, 1.82) is 0 Å². The average molecular weight is 271 g/mol. The van der Waals surface area contributed by atoms with Crippen LogP contribution in [0.1, 0.15) is 28.5 Å². The van der Waals surface area contributed by atoms with E-state index in [2.05, 4.69) is 15.5 Å². The van der Waals surface area contributed by atoms with Crippen molar-refractivity contribution in [3.8, 4) is 0 Å². The molecule has 1 aromatic carbocycles. The van der Waals surface area contributed by atoms with Crippen LogP contribution in [0.2, 0.25) is 0 Å². The largest absolute Gasteiger partial charge is 0.359 e. The van der Waals surface area contributed by atoms with Crippen LogP contribution in [0.5, 0.6) is 0 Å². The minimum atomic E-state index is -0.396. The molecular formula is C15H17N3O2. The molecule has 1 aromatic heterocycles. The number of aryl methyl sites for hydroxylation is 2. The van der Waals surface area contributed by atoms with Gasteiger partial charge in [0.15, 0.2) is 5.78 Å². The van der Waals surface area contributed by atoms with Gasteiger partial charge in [0, 0.05) is 23.2 Å². The molecule has 0 saturated carbocycles. The van der Waals surface area contributed by atoms with Crippen molar-refractivity contribution >= 4 is 11.5 Å². The third-order valence-electron chi connectivity index (χ3n) is 2.95. The monoisotopic (exact) mass is 271 g/mol. The maximum absolute atomic E-state index is 12.0. The molecule has 0 aliphatic rings. The first-order valence-corrected chi connectivity index (χ1v) is 6.31. The molecule has 0 aliphatic heterocycles. The number of anilines is 1. The Kier molecular flexibility index (Phi) is 3.89. The number of allylic oxidation sites excluding steroid dienone is 2. The van der Waals surface area contributed by atoms with Crippen LogP contribution in [0, 0.1) is 13.8 Å². The molecule has 5 nitrogen and oxygen atoms in total. The minimum Gasteiger partial charge on any atom is -0.359 e. The number of carbonyl (C=O) groups excluding carboxylic acids is 1. The molecule has 0 amide bonds. The first-order chi connectivity index (χ1) is 9.47. The number of ketones is 1. The Balaban J connectivity index is 2.16. The topological polar surface area (TPSA) is 77.8 Å². The van der Waals surface area contributed by atoms with E-state index < -0.39 is 5.56 Å². The maximum atomic E-state index is 12.0. The van der Waals surface area contributed by atoms with Gasteiger partial charge in [0.25, 0.3) is 5.56 Å². The number of hydrogen-bond donors (Lipinski definition) is 3. The second kappa shape index (κ2) is 5.61. The first-order valence-electron chi connectivity index (χ1n) is 6.31. The van der Waals surface area contributed by atoms with Crippen LogP contribution in [-0.2, 0) is 0 Å². The SMILES string of the molecule is CC(=CC(=O)c1c(C)[nH][nH]c1=O)Nc1ccc(C)cc1. The van der Waals surface area contributed by atoms with Gasteiger partial charge in [-0.05, 0) is 32.9 Å². The molecule has 104 valence electrons. The molecule has 1 heterocycles. The molecule has 20 heavy (non-hydrogen) atoms. The molecule has 2 aromatic rings. The fraction of sp³-hybridized carbons (Fsp3) is 0.200. The predicted octanol–water partition coefficient (Wildman–Crippen LogP) is 2.52. The van der Waals surface area contributed by atoms with E-state index in [1.165, 1.54) is 11.6 Å². The van der Waals surface area contributed by atoms with Gasteiger partial charge < -0.3 is 10.4 Å². The van der Waals surface area contributed by atoms with Gasteiger partial charge in [-0.2, -0.15) is 0 Å². The van der Waals surface area contributed by atoms with E-state index in [0.29, 0.717) is 11.4 Å². The Hall–Kier alpha value is -2.56. The minimum absolute atomic E-state index is 0.148. The number of aromatic amines is 2. The summed E-state index contributed by atoms with van der Waals surface area (Å²) in [6.45, 7) is 5.48. The molecule has 0 fully saturated rings. The van der Waals surface area contributed by atoms with Crippen LogP contribution in [0.4, 0.5) is 5.69 Å². The summed E-state index contributed by atoms with van der Waals surface area (Å²) >= 11 is 0. The highest BCUT2D eigenvalue weighted by Gasteiger charge is 2.13. The molecule has 5 heteroatoms. The van der Waals surface area contributed by atoms with Crippen LogP contribution in [0.25, 0.3) is 0 Å². The van der Waals surface area contributed by atoms with Gasteiger partial charge in [0.05, 0.1) is 0 Å². The third-order valence-corrected chi connectivity index (χ3v) is 2.95. The van der Waals surface area contributed by atoms with Gasteiger partial charge in [-0.3, -0.25) is 14.7 Å². The number of hydrogen-bond acceptors (Lipinski definition) is 3. The number of benzene rings is 1. The normalized spacial score (nSPS) is 11.4. The van der Waals surface area contributed by atoms with Crippen LogP contribution in [0.15, 0.2) is 40.8 Å². The van der Waals surface area contributed by atoms with Gasteiger partial charge in [-0.1, -0.05) is 17.7 Å². The summed E-state index contributed by atoms with van der Waals surface area (Å²) in [5, 5.41) is 8.15. The van der Waals surface area contributed by atoms with Crippen molar-refractivity contribution in [2.75, 3.05) is 5.32 Å². The van der Waals surface area contributed by atoms with E-state index in [9.17, 15) is 9.59 Å². The standard InChI is InChI=1S/C15H17N3O2/c1-9-4-6-12(7-5-9)16-10(2)8-13(19)14-11(3)17-18-15(14)20/h4-8,16H,1-3H3,(H2,17,18,20).